The zero-order valence-electron chi connectivity index (χ0n) is 7.51. The monoisotopic (exact) mass is 226 g/mol. The molecule has 2 nitrogen and oxygen atoms in total. The summed E-state index contributed by atoms with van der Waals surface area (Å²) in [6, 6.07) is 9.57. The largest absolute Gasteiger partial charge is 0.254 e. The highest BCUT2D eigenvalue weighted by Crippen LogP contribution is 2.19. The third-order valence-corrected chi connectivity index (χ3v) is 5.64. The molecule has 2 rings (SSSR count). The molecule has 1 aliphatic heterocycles. The lowest BCUT2D eigenvalue weighted by molar-refractivity contribution is 0.689. The van der Waals surface area contributed by atoms with E-state index in [0.717, 1.165) is 5.56 Å². The van der Waals surface area contributed by atoms with Gasteiger partial charge in [0.15, 0.2) is 0 Å². The van der Waals surface area contributed by atoms with E-state index >= 15 is 0 Å². The van der Waals surface area contributed by atoms with Crippen molar-refractivity contribution in [1.29, 1.82) is 0 Å². The predicted octanol–water partition coefficient (Wildman–Crippen LogP) is 1.50. The summed E-state index contributed by atoms with van der Waals surface area (Å²) in [5.74, 6) is 1.07. The van der Waals surface area contributed by atoms with E-state index in [-0.39, 0.29) is 0 Å². The van der Waals surface area contributed by atoms with Crippen LogP contribution in [0.25, 0.3) is 6.08 Å². The number of rotatable bonds is 1. The second kappa shape index (κ2) is 4.19. The fraction of sp³-hybridized carbons (Fsp3) is 0.200. The quantitative estimate of drug-likeness (QED) is 0.727. The van der Waals surface area contributed by atoms with E-state index in [2.05, 4.69) is 0 Å². The van der Waals surface area contributed by atoms with Crippen LogP contribution in [0.3, 0.4) is 0 Å². The fourth-order valence-electron chi connectivity index (χ4n) is 1.27. The highest BCUT2D eigenvalue weighted by atomic mass is 32.2. The molecule has 2 unspecified atom stereocenters. The molecule has 14 heavy (non-hydrogen) atoms. The molecule has 0 amide bonds. The van der Waals surface area contributed by atoms with Crippen LogP contribution in [0.1, 0.15) is 5.56 Å². The minimum absolute atomic E-state index is 0.533. The van der Waals surface area contributed by atoms with Gasteiger partial charge in [0.05, 0.1) is 21.6 Å². The first kappa shape index (κ1) is 9.80. The molecule has 1 aliphatic rings. The van der Waals surface area contributed by atoms with E-state index in [1.54, 1.807) is 6.08 Å². The van der Waals surface area contributed by atoms with E-state index in [9.17, 15) is 8.42 Å². The van der Waals surface area contributed by atoms with Crippen molar-refractivity contribution in [3.8, 4) is 0 Å². The Kier molecular flexibility index (Phi) is 2.93. The van der Waals surface area contributed by atoms with Crippen molar-refractivity contribution in [2.75, 3.05) is 11.5 Å². The van der Waals surface area contributed by atoms with Crippen LogP contribution in [0, 0.1) is 0 Å². The smallest absolute Gasteiger partial charge is 0.103 e. The third-order valence-electron chi connectivity index (χ3n) is 1.99. The molecule has 74 valence electrons. The second-order valence-electron chi connectivity index (χ2n) is 2.97. The molecule has 1 aromatic carbocycles. The molecule has 1 heterocycles. The highest BCUT2D eigenvalue weighted by molar-refractivity contribution is 8.11. The summed E-state index contributed by atoms with van der Waals surface area (Å²) in [5, 5.41) is 0. The van der Waals surface area contributed by atoms with Gasteiger partial charge in [-0.3, -0.25) is 8.42 Å². The maximum atomic E-state index is 11.4. The van der Waals surface area contributed by atoms with Gasteiger partial charge in [0.1, 0.15) is 4.24 Å². The molecule has 1 aromatic rings. The molecule has 1 saturated heterocycles. The molecule has 1 fully saturated rings. The SMILES string of the molecule is O=S1CCS(=O)C1=Cc1ccccc1. The molecule has 0 aromatic heterocycles. The molecule has 4 heteroatoms. The maximum Gasteiger partial charge on any atom is 0.103 e. The summed E-state index contributed by atoms with van der Waals surface area (Å²) in [5.41, 5.74) is 0.964. The standard InChI is InChI=1S/C10H10O2S2/c11-13-6-7-14(12)10(13)8-9-4-2-1-3-5-9/h1-5,8H,6-7H2. The zero-order chi connectivity index (χ0) is 9.97. The van der Waals surface area contributed by atoms with E-state index in [4.69, 9.17) is 0 Å². The van der Waals surface area contributed by atoms with Gasteiger partial charge in [-0.15, -0.1) is 0 Å². The van der Waals surface area contributed by atoms with Crippen molar-refractivity contribution < 1.29 is 8.42 Å². The Hall–Kier alpha value is -0.740. The molecule has 0 N–H and O–H groups in total. The van der Waals surface area contributed by atoms with Crippen molar-refractivity contribution in [1.82, 2.24) is 0 Å². The first-order chi connectivity index (χ1) is 6.77. The van der Waals surface area contributed by atoms with Gasteiger partial charge in [-0.05, 0) is 11.6 Å². The second-order valence-corrected chi connectivity index (χ2v) is 6.31. The minimum Gasteiger partial charge on any atom is -0.254 e. The van der Waals surface area contributed by atoms with Crippen LogP contribution >= 0.6 is 0 Å². The molecule has 0 spiro atoms. The molecule has 0 bridgehead atoms. The first-order valence-corrected chi connectivity index (χ1v) is 6.94. The lowest BCUT2D eigenvalue weighted by atomic mass is 10.2. The van der Waals surface area contributed by atoms with Crippen LogP contribution < -0.4 is 0 Å². The summed E-state index contributed by atoms with van der Waals surface area (Å²) in [6.45, 7) is 0. The van der Waals surface area contributed by atoms with Crippen LogP contribution in [0.5, 0.6) is 0 Å². The van der Waals surface area contributed by atoms with Crippen molar-refractivity contribution in [2.24, 2.45) is 0 Å². The average Bonchev–Trinajstić information content (AvgIpc) is 2.51. The summed E-state index contributed by atoms with van der Waals surface area (Å²) in [7, 11) is -2.06. The normalized spacial score (nSPS) is 26.4. The topological polar surface area (TPSA) is 34.1 Å². The van der Waals surface area contributed by atoms with E-state index in [1.165, 1.54) is 0 Å². The lowest BCUT2D eigenvalue weighted by Gasteiger charge is -1.95. The predicted molar refractivity (Wildman–Crippen MR) is 60.4 cm³/mol. The van der Waals surface area contributed by atoms with Gasteiger partial charge in [0.25, 0.3) is 0 Å². The molecule has 2 atom stereocenters. The Bertz CT molecular complexity index is 391. The summed E-state index contributed by atoms with van der Waals surface area (Å²) < 4.78 is 23.5. The number of hydrogen-bond donors (Lipinski definition) is 0. The average molecular weight is 226 g/mol. The Balaban J connectivity index is 2.35. The van der Waals surface area contributed by atoms with Crippen molar-refractivity contribution >= 4 is 27.7 Å². The Morgan fingerprint density at radius 2 is 1.57 bits per heavy atom. The lowest BCUT2D eigenvalue weighted by Crippen LogP contribution is -1.89. The minimum atomic E-state index is -1.03. The van der Waals surface area contributed by atoms with Crippen molar-refractivity contribution in [3.63, 3.8) is 0 Å². The number of hydrogen-bond acceptors (Lipinski definition) is 2. The fourth-order valence-corrected chi connectivity index (χ4v) is 4.75. The van der Waals surface area contributed by atoms with Gasteiger partial charge >= 0.3 is 0 Å². The Morgan fingerprint density at radius 1 is 1.00 bits per heavy atom. The molecule has 0 saturated carbocycles. The maximum absolute atomic E-state index is 11.4. The van der Waals surface area contributed by atoms with E-state index in [0.29, 0.717) is 15.7 Å². The summed E-state index contributed by atoms with van der Waals surface area (Å²) in [6.07, 6.45) is 1.78. The van der Waals surface area contributed by atoms with E-state index < -0.39 is 21.6 Å². The molecular formula is C10H10O2S2. The highest BCUT2D eigenvalue weighted by Gasteiger charge is 2.23. The van der Waals surface area contributed by atoms with Gasteiger partial charge in [-0.1, -0.05) is 30.3 Å². The summed E-state index contributed by atoms with van der Waals surface area (Å²) in [4.78, 5) is 0. The van der Waals surface area contributed by atoms with E-state index in [1.807, 2.05) is 30.3 Å². The van der Waals surface area contributed by atoms with Gasteiger partial charge < -0.3 is 0 Å². The van der Waals surface area contributed by atoms with Crippen molar-refractivity contribution in [2.45, 2.75) is 0 Å². The van der Waals surface area contributed by atoms with Crippen LogP contribution in [-0.2, 0) is 21.6 Å². The zero-order valence-corrected chi connectivity index (χ0v) is 9.14. The number of benzene rings is 1. The van der Waals surface area contributed by atoms with Crippen molar-refractivity contribution in [3.05, 3.63) is 40.1 Å². The Morgan fingerprint density at radius 3 is 2.14 bits per heavy atom. The van der Waals surface area contributed by atoms with Crippen LogP contribution in [-0.4, -0.2) is 19.9 Å². The third kappa shape index (κ3) is 2.01. The summed E-state index contributed by atoms with van der Waals surface area (Å²) >= 11 is 0. The van der Waals surface area contributed by atoms with Crippen LogP contribution in [0.15, 0.2) is 34.6 Å². The van der Waals surface area contributed by atoms with Crippen LogP contribution in [0.2, 0.25) is 0 Å². The van der Waals surface area contributed by atoms with Gasteiger partial charge in [0, 0.05) is 11.5 Å². The molecular weight excluding hydrogens is 216 g/mol. The molecule has 0 aliphatic carbocycles. The Labute approximate surface area is 87.9 Å². The van der Waals surface area contributed by atoms with Gasteiger partial charge in [0.2, 0.25) is 0 Å². The van der Waals surface area contributed by atoms with Crippen LogP contribution in [0.4, 0.5) is 0 Å². The molecule has 0 radical (unpaired) electrons. The first-order valence-electron chi connectivity index (χ1n) is 4.31. The van der Waals surface area contributed by atoms with Gasteiger partial charge in [-0.25, -0.2) is 0 Å². The van der Waals surface area contributed by atoms with Gasteiger partial charge in [-0.2, -0.15) is 0 Å².